The number of nitrogens with zero attached hydrogens (tertiary/aromatic N) is 3. The first-order valence-corrected chi connectivity index (χ1v) is 12.3. The van der Waals surface area contributed by atoms with Gasteiger partial charge in [0, 0.05) is 56.3 Å². The molecule has 1 aromatic heterocycles. The molecule has 2 unspecified atom stereocenters. The fourth-order valence-corrected chi connectivity index (χ4v) is 5.42. The van der Waals surface area contributed by atoms with E-state index in [9.17, 15) is 22.8 Å². The molecule has 0 bridgehead atoms. The Balaban J connectivity index is 1.41. The van der Waals surface area contributed by atoms with Crippen molar-refractivity contribution >= 4 is 23.4 Å². The van der Waals surface area contributed by atoms with E-state index in [0.717, 1.165) is 17.7 Å². The minimum Gasteiger partial charge on any atom is -0.354 e. The zero-order valence-electron chi connectivity index (χ0n) is 20.2. The number of fused-ring (bicyclic) bond motifs is 1. The lowest BCUT2D eigenvalue weighted by Crippen LogP contribution is -2.39. The van der Waals surface area contributed by atoms with Gasteiger partial charge < -0.3 is 15.5 Å². The van der Waals surface area contributed by atoms with E-state index >= 15 is 0 Å². The maximum atomic E-state index is 14.5. The van der Waals surface area contributed by atoms with Gasteiger partial charge in [0.05, 0.1) is 28.0 Å². The average Bonchev–Trinajstić information content (AvgIpc) is 3.41. The summed E-state index contributed by atoms with van der Waals surface area (Å²) in [5.41, 5.74) is 2.82. The van der Waals surface area contributed by atoms with Crippen LogP contribution in [-0.2, 0) is 24.8 Å². The predicted octanol–water partition coefficient (Wildman–Crippen LogP) is 3.90. The van der Waals surface area contributed by atoms with Crippen molar-refractivity contribution in [2.45, 2.75) is 38.4 Å². The smallest absolute Gasteiger partial charge is 0.256 e. The summed E-state index contributed by atoms with van der Waals surface area (Å²) in [6.45, 7) is 2.77. The number of aryl methyl sites for hydroxylation is 1. The molecule has 2 amide bonds. The average molecular weight is 532 g/mol. The molecule has 3 heterocycles. The lowest BCUT2D eigenvalue weighted by atomic mass is 9.94. The maximum absolute atomic E-state index is 14.5. The van der Waals surface area contributed by atoms with Gasteiger partial charge in [-0.15, -0.1) is 0 Å². The van der Waals surface area contributed by atoms with Gasteiger partial charge in [-0.2, -0.15) is 5.10 Å². The molecule has 194 valence electrons. The molecule has 5 rings (SSSR count). The number of rotatable bonds is 5. The van der Waals surface area contributed by atoms with Crippen LogP contribution in [-0.4, -0.2) is 45.6 Å². The minimum absolute atomic E-state index is 0.0396. The molecule has 2 aliphatic rings. The van der Waals surface area contributed by atoms with Crippen LogP contribution in [0.1, 0.15) is 46.6 Å². The molecule has 11 heteroatoms. The first kappa shape index (κ1) is 25.3. The Hall–Kier alpha value is -3.37. The van der Waals surface area contributed by atoms with Gasteiger partial charge in [-0.3, -0.25) is 14.3 Å². The molecule has 0 spiro atoms. The van der Waals surface area contributed by atoms with E-state index < -0.39 is 29.4 Å². The number of nitrogens with one attached hydrogen (secondary N) is 2. The van der Waals surface area contributed by atoms with E-state index in [1.165, 1.54) is 18.2 Å². The number of benzene rings is 2. The second kappa shape index (κ2) is 9.83. The standard InChI is InChI=1S/C26H25ClF3N5O2/c1-13-24-20(25(34(2)33-24)14-5-16(28)8-17(29)6-14)3-4-35(13)26(37)21-9-18(30)7-15(23(21)27)11-31-19-10-22(36)32-12-19/h5-9,13,19,31H,3-4,10-12H2,1-2H3,(H,32,36). The summed E-state index contributed by atoms with van der Waals surface area (Å²) < 4.78 is 43.9. The van der Waals surface area contributed by atoms with E-state index in [1.54, 1.807) is 23.6 Å². The van der Waals surface area contributed by atoms with Crippen LogP contribution in [0.25, 0.3) is 11.3 Å². The molecule has 3 aromatic rings. The zero-order chi connectivity index (χ0) is 26.4. The van der Waals surface area contributed by atoms with Gasteiger partial charge in [0.2, 0.25) is 5.91 Å². The quantitative estimate of drug-likeness (QED) is 0.523. The predicted molar refractivity (Wildman–Crippen MR) is 131 cm³/mol. The van der Waals surface area contributed by atoms with Crippen LogP contribution in [0, 0.1) is 17.5 Å². The van der Waals surface area contributed by atoms with Crippen LogP contribution < -0.4 is 10.6 Å². The van der Waals surface area contributed by atoms with Crippen molar-refractivity contribution in [2.24, 2.45) is 7.05 Å². The lowest BCUT2D eigenvalue weighted by Gasteiger charge is -2.33. The second-order valence-corrected chi connectivity index (χ2v) is 9.81. The molecule has 1 fully saturated rings. The van der Waals surface area contributed by atoms with Crippen molar-refractivity contribution < 1.29 is 22.8 Å². The van der Waals surface area contributed by atoms with E-state index in [2.05, 4.69) is 15.7 Å². The summed E-state index contributed by atoms with van der Waals surface area (Å²) in [7, 11) is 1.69. The third-order valence-corrected chi connectivity index (χ3v) is 7.39. The van der Waals surface area contributed by atoms with E-state index in [1.807, 2.05) is 0 Å². The van der Waals surface area contributed by atoms with Crippen molar-refractivity contribution in [3.8, 4) is 11.3 Å². The first-order chi connectivity index (χ1) is 17.6. The molecule has 0 aliphatic carbocycles. The normalized spacial score (nSPS) is 19.2. The summed E-state index contributed by atoms with van der Waals surface area (Å²) in [5, 5.41) is 10.6. The Bertz CT molecular complexity index is 1390. The number of hydrogen-bond acceptors (Lipinski definition) is 4. The van der Waals surface area contributed by atoms with Gasteiger partial charge in [-0.25, -0.2) is 13.2 Å². The van der Waals surface area contributed by atoms with Crippen LogP contribution in [0.4, 0.5) is 13.2 Å². The number of aromatic nitrogens is 2. The van der Waals surface area contributed by atoms with Crippen molar-refractivity contribution in [3.63, 3.8) is 0 Å². The Morgan fingerprint density at radius 1 is 1.16 bits per heavy atom. The van der Waals surface area contributed by atoms with Crippen molar-refractivity contribution in [1.29, 1.82) is 0 Å². The van der Waals surface area contributed by atoms with Gasteiger partial charge in [0.1, 0.15) is 17.5 Å². The highest BCUT2D eigenvalue weighted by Crippen LogP contribution is 2.37. The Kier molecular flexibility index (Phi) is 6.72. The van der Waals surface area contributed by atoms with Crippen molar-refractivity contribution in [1.82, 2.24) is 25.3 Å². The molecular weight excluding hydrogens is 507 g/mol. The van der Waals surface area contributed by atoms with Crippen LogP contribution in [0.2, 0.25) is 5.02 Å². The summed E-state index contributed by atoms with van der Waals surface area (Å²) in [6.07, 6.45) is 0.720. The topological polar surface area (TPSA) is 79.3 Å². The summed E-state index contributed by atoms with van der Waals surface area (Å²) in [4.78, 5) is 26.6. The molecule has 37 heavy (non-hydrogen) atoms. The lowest BCUT2D eigenvalue weighted by molar-refractivity contribution is -0.119. The third-order valence-electron chi connectivity index (χ3n) is 6.94. The summed E-state index contributed by atoms with van der Waals surface area (Å²) in [5.74, 6) is -2.47. The van der Waals surface area contributed by atoms with E-state index in [-0.39, 0.29) is 29.1 Å². The summed E-state index contributed by atoms with van der Waals surface area (Å²) >= 11 is 6.57. The van der Waals surface area contributed by atoms with E-state index in [4.69, 9.17) is 11.6 Å². The Labute approximate surface area is 216 Å². The SMILES string of the molecule is CC1c2nn(C)c(-c3cc(F)cc(F)c3)c2CCN1C(=O)c1cc(F)cc(CNC2CNC(=O)C2)c1Cl. The molecular formula is C26H25ClF3N5O2. The number of carbonyl (C=O) groups excluding carboxylic acids is 2. The van der Waals surface area contributed by atoms with Crippen LogP contribution >= 0.6 is 11.6 Å². The molecule has 7 nitrogen and oxygen atoms in total. The first-order valence-electron chi connectivity index (χ1n) is 11.9. The number of carbonyl (C=O) groups is 2. The van der Waals surface area contributed by atoms with E-state index in [0.29, 0.717) is 48.4 Å². The molecule has 2 aliphatic heterocycles. The molecule has 0 saturated carbocycles. The van der Waals surface area contributed by atoms with Gasteiger partial charge in [0.25, 0.3) is 5.91 Å². The van der Waals surface area contributed by atoms with Gasteiger partial charge in [-0.1, -0.05) is 11.6 Å². The van der Waals surface area contributed by atoms with Crippen LogP contribution in [0.3, 0.4) is 0 Å². The Morgan fingerprint density at radius 3 is 2.54 bits per heavy atom. The van der Waals surface area contributed by atoms with Gasteiger partial charge >= 0.3 is 0 Å². The number of amides is 2. The van der Waals surface area contributed by atoms with Crippen LogP contribution in [0.5, 0.6) is 0 Å². The summed E-state index contributed by atoms with van der Waals surface area (Å²) in [6, 6.07) is 5.13. The van der Waals surface area contributed by atoms with Crippen molar-refractivity contribution in [3.05, 3.63) is 75.2 Å². The highest BCUT2D eigenvalue weighted by molar-refractivity contribution is 6.34. The van der Waals surface area contributed by atoms with Crippen molar-refractivity contribution in [2.75, 3.05) is 13.1 Å². The number of hydrogen-bond donors (Lipinski definition) is 2. The molecule has 1 saturated heterocycles. The molecule has 0 radical (unpaired) electrons. The van der Waals surface area contributed by atoms with Gasteiger partial charge in [-0.05, 0) is 43.2 Å². The van der Waals surface area contributed by atoms with Crippen LogP contribution in [0.15, 0.2) is 30.3 Å². The Morgan fingerprint density at radius 2 is 1.86 bits per heavy atom. The molecule has 2 atom stereocenters. The molecule has 2 N–H and O–H groups in total. The molecule has 2 aromatic carbocycles. The second-order valence-electron chi connectivity index (χ2n) is 9.43. The maximum Gasteiger partial charge on any atom is 0.256 e. The third kappa shape index (κ3) is 4.83. The largest absolute Gasteiger partial charge is 0.354 e. The number of halogens is 4. The highest BCUT2D eigenvalue weighted by Gasteiger charge is 2.34. The highest BCUT2D eigenvalue weighted by atomic mass is 35.5. The zero-order valence-corrected chi connectivity index (χ0v) is 21.0. The monoisotopic (exact) mass is 531 g/mol. The minimum atomic E-state index is -0.688. The fraction of sp³-hybridized carbons (Fsp3) is 0.346. The fourth-order valence-electron chi connectivity index (χ4n) is 5.16. The van der Waals surface area contributed by atoms with Gasteiger partial charge in [0.15, 0.2) is 0 Å².